The fourth-order valence-corrected chi connectivity index (χ4v) is 4.10. The van der Waals surface area contributed by atoms with Crippen LogP contribution in [0.3, 0.4) is 0 Å². The molecule has 0 spiro atoms. The number of ketones is 2. The average Bonchev–Trinajstić information content (AvgIpc) is 2.61. The van der Waals surface area contributed by atoms with Gasteiger partial charge in [0.1, 0.15) is 40.4 Å². The predicted octanol–water partition coefficient (Wildman–Crippen LogP) is -0.891. The molecule has 9 nitrogen and oxygen atoms in total. The van der Waals surface area contributed by atoms with Crippen molar-refractivity contribution in [3.8, 4) is 17.2 Å². The van der Waals surface area contributed by atoms with E-state index in [1.807, 2.05) is 0 Å². The number of carbonyl (C=O) groups excluding carboxylic acids is 2. The molecule has 7 N–H and O–H groups in total. The van der Waals surface area contributed by atoms with Gasteiger partial charge in [0.25, 0.3) is 0 Å². The van der Waals surface area contributed by atoms with E-state index >= 15 is 0 Å². The van der Waals surface area contributed by atoms with Crippen LogP contribution in [0, 0.1) is 5.92 Å². The summed E-state index contributed by atoms with van der Waals surface area (Å²) in [5, 5.41) is 72.9. The lowest BCUT2D eigenvalue weighted by molar-refractivity contribution is -0.134. The SMILES string of the molecule is CC(=O)C1=C(O)[C@@]2(O)C(O)=c3c(O)c4c(O)cc(O)cc4cc3=C[C@H]2[C@H](O)C1=O. The van der Waals surface area contributed by atoms with E-state index in [4.69, 9.17) is 0 Å². The zero-order valence-electron chi connectivity index (χ0n) is 14.9. The Morgan fingerprint density at radius 2 is 1.69 bits per heavy atom. The molecule has 2 aliphatic carbocycles. The summed E-state index contributed by atoms with van der Waals surface area (Å²) < 4.78 is 0. The van der Waals surface area contributed by atoms with Crippen LogP contribution in [0.1, 0.15) is 6.92 Å². The van der Waals surface area contributed by atoms with Gasteiger partial charge in [-0.25, -0.2) is 0 Å². The lowest BCUT2D eigenvalue weighted by atomic mass is 9.68. The maximum atomic E-state index is 12.3. The molecule has 0 radical (unpaired) electrons. The molecule has 4 rings (SSSR count). The fourth-order valence-electron chi connectivity index (χ4n) is 4.10. The molecule has 150 valence electrons. The number of aliphatic hydroxyl groups excluding tert-OH is 3. The first-order valence-electron chi connectivity index (χ1n) is 8.52. The molecule has 2 aromatic rings. The summed E-state index contributed by atoms with van der Waals surface area (Å²) in [4.78, 5) is 24.1. The van der Waals surface area contributed by atoms with Gasteiger partial charge in [-0.3, -0.25) is 9.59 Å². The molecule has 0 bridgehead atoms. The van der Waals surface area contributed by atoms with Crippen molar-refractivity contribution < 1.29 is 45.3 Å². The number of phenolic OH excluding ortho intramolecular Hbond substituents is 3. The average molecular weight is 400 g/mol. The number of hydrogen-bond donors (Lipinski definition) is 7. The van der Waals surface area contributed by atoms with E-state index in [0.717, 1.165) is 19.1 Å². The minimum Gasteiger partial charge on any atom is -0.508 e. The molecular weight excluding hydrogens is 384 g/mol. The molecule has 3 atom stereocenters. The van der Waals surface area contributed by atoms with Gasteiger partial charge in [0.2, 0.25) is 0 Å². The number of Topliss-reactive ketones (excluding diaryl/α,β-unsaturated/α-hetero) is 2. The number of aliphatic hydroxyl groups is 4. The van der Waals surface area contributed by atoms with Crippen LogP contribution in [-0.4, -0.2) is 59.0 Å². The van der Waals surface area contributed by atoms with Crippen LogP contribution in [0.5, 0.6) is 17.2 Å². The van der Waals surface area contributed by atoms with E-state index in [2.05, 4.69) is 0 Å². The standard InChI is InChI=1S/C20H16O9/c1-6(21)12-17(26)15(24)10-4-8-2-7-3-9(22)5-11(23)13(7)16(25)14(8)19(28)20(10,29)18(12)27/h2-5,10,15,22-25,27-29H,1H3/t10-,15-,20+/m0/s1. The fraction of sp³-hybridized carbons (Fsp3) is 0.200. The highest BCUT2D eigenvalue weighted by atomic mass is 16.4. The Balaban J connectivity index is 2.21. The smallest absolute Gasteiger partial charge is 0.199 e. The lowest BCUT2D eigenvalue weighted by Gasteiger charge is -2.41. The van der Waals surface area contributed by atoms with Crippen molar-refractivity contribution in [3.63, 3.8) is 0 Å². The summed E-state index contributed by atoms with van der Waals surface area (Å²) in [6.45, 7) is 0.951. The maximum absolute atomic E-state index is 12.3. The first-order valence-corrected chi connectivity index (χ1v) is 8.52. The molecule has 0 aliphatic heterocycles. The predicted molar refractivity (Wildman–Crippen MR) is 98.5 cm³/mol. The third-order valence-corrected chi connectivity index (χ3v) is 5.45. The van der Waals surface area contributed by atoms with E-state index in [1.165, 1.54) is 12.1 Å². The second-order valence-corrected chi connectivity index (χ2v) is 7.15. The van der Waals surface area contributed by atoms with Crippen molar-refractivity contribution in [3.05, 3.63) is 40.0 Å². The van der Waals surface area contributed by atoms with E-state index in [-0.39, 0.29) is 27.0 Å². The highest BCUT2D eigenvalue weighted by molar-refractivity contribution is 6.22. The summed E-state index contributed by atoms with van der Waals surface area (Å²) in [5.74, 6) is -7.22. The number of carbonyl (C=O) groups is 2. The van der Waals surface area contributed by atoms with Crippen LogP contribution in [0.25, 0.3) is 22.6 Å². The second-order valence-electron chi connectivity index (χ2n) is 7.15. The molecule has 0 saturated carbocycles. The molecule has 0 heterocycles. The van der Waals surface area contributed by atoms with Gasteiger partial charge in [-0.05, 0) is 29.7 Å². The third-order valence-electron chi connectivity index (χ3n) is 5.45. The van der Waals surface area contributed by atoms with Gasteiger partial charge in [-0.2, -0.15) is 0 Å². The van der Waals surface area contributed by atoms with E-state index in [1.54, 1.807) is 0 Å². The van der Waals surface area contributed by atoms with Crippen molar-refractivity contribution in [1.29, 1.82) is 0 Å². The summed E-state index contributed by atoms with van der Waals surface area (Å²) in [6.07, 6.45) is -0.800. The van der Waals surface area contributed by atoms with Crippen LogP contribution in [0.2, 0.25) is 0 Å². The van der Waals surface area contributed by atoms with Crippen molar-refractivity contribution >= 4 is 34.2 Å². The van der Waals surface area contributed by atoms with Gasteiger partial charge in [0, 0.05) is 6.07 Å². The molecule has 0 aromatic heterocycles. The van der Waals surface area contributed by atoms with Crippen LogP contribution in [0.4, 0.5) is 0 Å². The Morgan fingerprint density at radius 1 is 1.03 bits per heavy atom. The molecule has 0 unspecified atom stereocenters. The minimum atomic E-state index is -2.75. The third kappa shape index (κ3) is 2.22. The van der Waals surface area contributed by atoms with Crippen LogP contribution < -0.4 is 10.4 Å². The maximum Gasteiger partial charge on any atom is 0.199 e. The molecule has 29 heavy (non-hydrogen) atoms. The van der Waals surface area contributed by atoms with Gasteiger partial charge in [0.05, 0.1) is 16.5 Å². The number of phenols is 3. The normalized spacial score (nSPS) is 26.2. The minimum absolute atomic E-state index is 0.0677. The van der Waals surface area contributed by atoms with Gasteiger partial charge in [-0.1, -0.05) is 6.08 Å². The molecular formula is C20H16O9. The monoisotopic (exact) mass is 400 g/mol. The lowest BCUT2D eigenvalue weighted by Crippen LogP contribution is -2.59. The van der Waals surface area contributed by atoms with Crippen LogP contribution >= 0.6 is 0 Å². The highest BCUT2D eigenvalue weighted by Crippen LogP contribution is 2.43. The number of rotatable bonds is 1. The zero-order chi connectivity index (χ0) is 21.4. The Labute approximate surface area is 162 Å². The quantitative estimate of drug-likeness (QED) is 0.299. The highest BCUT2D eigenvalue weighted by Gasteiger charge is 2.57. The van der Waals surface area contributed by atoms with Gasteiger partial charge < -0.3 is 35.7 Å². The van der Waals surface area contributed by atoms with Crippen LogP contribution in [-0.2, 0) is 9.59 Å². The number of hydrogen-bond acceptors (Lipinski definition) is 9. The van der Waals surface area contributed by atoms with E-state index in [0.29, 0.717) is 0 Å². The van der Waals surface area contributed by atoms with Crippen molar-refractivity contribution in [2.45, 2.75) is 18.6 Å². The first kappa shape index (κ1) is 18.8. The van der Waals surface area contributed by atoms with Crippen LogP contribution in [0.15, 0.2) is 29.5 Å². The number of benzene rings is 2. The Kier molecular flexibility index (Phi) is 3.71. The first-order chi connectivity index (χ1) is 13.5. The summed E-state index contributed by atoms with van der Waals surface area (Å²) in [6, 6.07) is 3.54. The Morgan fingerprint density at radius 3 is 2.31 bits per heavy atom. The van der Waals surface area contributed by atoms with Gasteiger partial charge in [0.15, 0.2) is 17.2 Å². The molecule has 0 saturated heterocycles. The molecule has 9 heteroatoms. The number of fused-ring (bicyclic) bond motifs is 3. The van der Waals surface area contributed by atoms with Crippen molar-refractivity contribution in [1.82, 2.24) is 0 Å². The Hall–Kier alpha value is -3.56. The summed E-state index contributed by atoms with van der Waals surface area (Å²) in [7, 11) is 0. The van der Waals surface area contributed by atoms with Gasteiger partial charge in [-0.15, -0.1) is 0 Å². The molecule has 0 fully saturated rings. The zero-order valence-corrected chi connectivity index (χ0v) is 14.9. The van der Waals surface area contributed by atoms with E-state index < -0.39 is 57.8 Å². The topological polar surface area (TPSA) is 176 Å². The number of aromatic hydroxyl groups is 3. The van der Waals surface area contributed by atoms with E-state index in [9.17, 15) is 45.3 Å². The molecule has 2 aromatic carbocycles. The molecule has 2 aliphatic rings. The van der Waals surface area contributed by atoms with Gasteiger partial charge >= 0.3 is 0 Å². The van der Waals surface area contributed by atoms with Crippen molar-refractivity contribution in [2.24, 2.45) is 5.92 Å². The molecule has 0 amide bonds. The summed E-state index contributed by atoms with van der Waals surface area (Å²) >= 11 is 0. The van der Waals surface area contributed by atoms with Crippen molar-refractivity contribution in [2.75, 3.05) is 0 Å². The second kappa shape index (κ2) is 5.72. The Bertz CT molecular complexity index is 1290. The summed E-state index contributed by atoms with van der Waals surface area (Å²) in [5.41, 5.74) is -3.60. The largest absolute Gasteiger partial charge is 0.508 e.